The van der Waals surface area contributed by atoms with Crippen molar-refractivity contribution in [2.24, 2.45) is 0 Å². The van der Waals surface area contributed by atoms with Gasteiger partial charge in [0.1, 0.15) is 11.8 Å². The number of hydrogen-bond donors (Lipinski definition) is 3. The Morgan fingerprint density at radius 3 is 2.77 bits per heavy atom. The van der Waals surface area contributed by atoms with Crippen molar-refractivity contribution in [2.75, 3.05) is 50.0 Å². The lowest BCUT2D eigenvalue weighted by Gasteiger charge is -2.26. The molecule has 1 aromatic carbocycles. The number of nitrogens with zero attached hydrogens (tertiary/aromatic N) is 6. The summed E-state index contributed by atoms with van der Waals surface area (Å²) in [6.07, 6.45) is 6.97. The largest absolute Gasteiger partial charge is 0.379 e. The van der Waals surface area contributed by atoms with Crippen LogP contribution in [0, 0.1) is 0 Å². The highest BCUT2D eigenvalue weighted by atomic mass is 16.5. The van der Waals surface area contributed by atoms with Crippen LogP contribution in [0.5, 0.6) is 0 Å². The van der Waals surface area contributed by atoms with Crippen LogP contribution in [0.4, 0.5) is 17.5 Å². The summed E-state index contributed by atoms with van der Waals surface area (Å²) in [5.74, 6) is 1.38. The standard InChI is InChI=1S/C20H23N9O/c1-3-16(29-8-5-21-14-29)4-2-15(1)25-20-26-17-18(23-13-24-19(17)27-20)22-6-7-28-9-11-30-12-10-28/h1-5,8,13-14H,6-7,9-12H2,(H3,22,23,24,25,26,27). The molecule has 1 aliphatic rings. The SMILES string of the molecule is c1cn(-c2ccc(Nc3nc4ncnc(NCCN5CCOCC5)c4[nH]3)cc2)cn1. The van der Waals surface area contributed by atoms with Crippen molar-refractivity contribution in [3.63, 3.8) is 0 Å². The van der Waals surface area contributed by atoms with E-state index in [1.807, 2.05) is 35.0 Å². The number of H-pyrrole nitrogens is 1. The van der Waals surface area contributed by atoms with Gasteiger partial charge in [-0.25, -0.2) is 15.0 Å². The maximum atomic E-state index is 5.39. The van der Waals surface area contributed by atoms with Crippen molar-refractivity contribution in [2.45, 2.75) is 0 Å². The Hall–Kier alpha value is -3.50. The molecule has 154 valence electrons. The average Bonchev–Trinajstić information content (AvgIpc) is 3.45. The number of morpholine rings is 1. The number of fused-ring (bicyclic) bond motifs is 1. The van der Waals surface area contributed by atoms with Gasteiger partial charge in [-0.05, 0) is 24.3 Å². The van der Waals surface area contributed by atoms with Crippen molar-refractivity contribution < 1.29 is 4.74 Å². The van der Waals surface area contributed by atoms with Gasteiger partial charge in [0, 0.05) is 49.9 Å². The summed E-state index contributed by atoms with van der Waals surface area (Å²) in [4.78, 5) is 22.9. The molecule has 10 nitrogen and oxygen atoms in total. The lowest BCUT2D eigenvalue weighted by Crippen LogP contribution is -2.39. The van der Waals surface area contributed by atoms with Gasteiger partial charge in [-0.2, -0.15) is 4.98 Å². The van der Waals surface area contributed by atoms with Crippen LogP contribution in [0.2, 0.25) is 0 Å². The van der Waals surface area contributed by atoms with Crippen LogP contribution in [-0.4, -0.2) is 73.8 Å². The molecule has 0 atom stereocenters. The quantitative estimate of drug-likeness (QED) is 0.429. The van der Waals surface area contributed by atoms with Crippen molar-refractivity contribution in [3.05, 3.63) is 49.3 Å². The molecule has 0 saturated carbocycles. The van der Waals surface area contributed by atoms with Gasteiger partial charge in [-0.3, -0.25) is 4.90 Å². The van der Waals surface area contributed by atoms with Crippen LogP contribution in [0.15, 0.2) is 49.3 Å². The number of nitrogens with one attached hydrogen (secondary N) is 3. The van der Waals surface area contributed by atoms with Crippen molar-refractivity contribution in [1.82, 2.24) is 34.4 Å². The number of aromatic amines is 1. The highest BCUT2D eigenvalue weighted by Crippen LogP contribution is 2.22. The van der Waals surface area contributed by atoms with Gasteiger partial charge in [0.05, 0.1) is 19.5 Å². The molecule has 10 heteroatoms. The Labute approximate surface area is 173 Å². The Kier molecular flexibility index (Phi) is 5.23. The second-order valence-corrected chi connectivity index (χ2v) is 7.03. The van der Waals surface area contributed by atoms with E-state index < -0.39 is 0 Å². The van der Waals surface area contributed by atoms with Crippen LogP contribution in [0.1, 0.15) is 0 Å². The lowest BCUT2D eigenvalue weighted by molar-refractivity contribution is 0.0398. The summed E-state index contributed by atoms with van der Waals surface area (Å²) >= 11 is 0. The van der Waals surface area contributed by atoms with Crippen LogP contribution >= 0.6 is 0 Å². The second kappa shape index (κ2) is 8.47. The van der Waals surface area contributed by atoms with Gasteiger partial charge in [0.25, 0.3) is 0 Å². The van der Waals surface area contributed by atoms with Gasteiger partial charge >= 0.3 is 0 Å². The zero-order chi connectivity index (χ0) is 20.2. The molecule has 4 heterocycles. The van der Waals surface area contributed by atoms with E-state index >= 15 is 0 Å². The fraction of sp³-hybridized carbons (Fsp3) is 0.300. The van der Waals surface area contributed by atoms with Crippen LogP contribution in [0.25, 0.3) is 16.9 Å². The van der Waals surface area contributed by atoms with Gasteiger partial charge < -0.3 is 24.9 Å². The number of ether oxygens (including phenoxy) is 1. The molecule has 0 radical (unpaired) electrons. The normalized spacial score (nSPS) is 14.8. The third kappa shape index (κ3) is 4.09. The fourth-order valence-corrected chi connectivity index (χ4v) is 3.44. The topological polar surface area (TPSA) is 109 Å². The average molecular weight is 405 g/mol. The summed E-state index contributed by atoms with van der Waals surface area (Å²) in [6.45, 7) is 5.28. The second-order valence-electron chi connectivity index (χ2n) is 7.03. The molecule has 3 N–H and O–H groups in total. The molecule has 0 unspecified atom stereocenters. The van der Waals surface area contributed by atoms with Gasteiger partial charge in [-0.15, -0.1) is 0 Å². The molecular formula is C20H23N9O. The van der Waals surface area contributed by atoms with E-state index in [0.29, 0.717) is 11.6 Å². The zero-order valence-corrected chi connectivity index (χ0v) is 16.5. The smallest absolute Gasteiger partial charge is 0.207 e. The predicted octanol–water partition coefficient (Wildman–Crippen LogP) is 2.03. The molecule has 30 heavy (non-hydrogen) atoms. The van der Waals surface area contributed by atoms with Crippen LogP contribution in [0.3, 0.4) is 0 Å². The highest BCUT2D eigenvalue weighted by molar-refractivity contribution is 5.84. The first-order valence-electron chi connectivity index (χ1n) is 9.95. The van der Waals surface area contributed by atoms with Gasteiger partial charge in [0.2, 0.25) is 5.95 Å². The molecular weight excluding hydrogens is 382 g/mol. The van der Waals surface area contributed by atoms with E-state index in [-0.39, 0.29) is 0 Å². The summed E-state index contributed by atoms with van der Waals surface area (Å²) < 4.78 is 7.35. The van der Waals surface area contributed by atoms with E-state index in [4.69, 9.17) is 4.74 Å². The van der Waals surface area contributed by atoms with Crippen LogP contribution < -0.4 is 10.6 Å². The Morgan fingerprint density at radius 2 is 1.97 bits per heavy atom. The van der Waals surface area contributed by atoms with E-state index in [1.165, 1.54) is 6.33 Å². The zero-order valence-electron chi connectivity index (χ0n) is 16.5. The van der Waals surface area contributed by atoms with Crippen molar-refractivity contribution >= 4 is 28.6 Å². The number of imidazole rings is 2. The third-order valence-electron chi connectivity index (χ3n) is 5.05. The first-order chi connectivity index (χ1) is 14.8. The Bertz CT molecular complexity index is 1090. The fourth-order valence-electron chi connectivity index (χ4n) is 3.44. The lowest BCUT2D eigenvalue weighted by atomic mass is 10.3. The Morgan fingerprint density at radius 1 is 1.10 bits per heavy atom. The molecule has 0 aliphatic carbocycles. The first kappa shape index (κ1) is 18.5. The van der Waals surface area contributed by atoms with Crippen molar-refractivity contribution in [3.8, 4) is 5.69 Å². The number of benzene rings is 1. The summed E-state index contributed by atoms with van der Waals surface area (Å²) in [5, 5.41) is 6.69. The minimum atomic E-state index is 0.622. The molecule has 0 amide bonds. The number of hydrogen-bond acceptors (Lipinski definition) is 8. The summed E-state index contributed by atoms with van der Waals surface area (Å²) in [7, 11) is 0. The summed E-state index contributed by atoms with van der Waals surface area (Å²) in [6, 6.07) is 8.03. The van der Waals surface area contributed by atoms with E-state index in [1.54, 1.807) is 12.5 Å². The van der Waals surface area contributed by atoms with Gasteiger partial charge in [0.15, 0.2) is 11.5 Å². The molecule has 1 fully saturated rings. The predicted molar refractivity (Wildman–Crippen MR) is 114 cm³/mol. The summed E-state index contributed by atoms with van der Waals surface area (Å²) in [5.41, 5.74) is 3.38. The van der Waals surface area contributed by atoms with Crippen molar-refractivity contribution in [1.29, 1.82) is 0 Å². The molecule has 5 rings (SSSR count). The molecule has 1 saturated heterocycles. The maximum absolute atomic E-state index is 5.39. The minimum Gasteiger partial charge on any atom is -0.379 e. The maximum Gasteiger partial charge on any atom is 0.207 e. The van der Waals surface area contributed by atoms with E-state index in [0.717, 1.165) is 62.1 Å². The number of rotatable bonds is 7. The first-order valence-corrected chi connectivity index (χ1v) is 9.95. The molecule has 3 aromatic heterocycles. The number of aromatic nitrogens is 6. The van der Waals surface area contributed by atoms with Gasteiger partial charge in [-0.1, -0.05) is 0 Å². The number of anilines is 3. The minimum absolute atomic E-state index is 0.622. The Balaban J connectivity index is 1.26. The van der Waals surface area contributed by atoms with E-state index in [2.05, 4.69) is 40.5 Å². The van der Waals surface area contributed by atoms with Crippen LogP contribution in [-0.2, 0) is 4.74 Å². The van der Waals surface area contributed by atoms with E-state index in [9.17, 15) is 0 Å². The molecule has 4 aromatic rings. The third-order valence-corrected chi connectivity index (χ3v) is 5.05. The molecule has 0 bridgehead atoms. The molecule has 1 aliphatic heterocycles. The monoisotopic (exact) mass is 405 g/mol. The molecule has 0 spiro atoms. The highest BCUT2D eigenvalue weighted by Gasteiger charge is 2.12.